The maximum Gasteiger partial charge on any atom is 0.345 e. The van der Waals surface area contributed by atoms with Crippen LogP contribution in [-0.2, 0) is 9.47 Å². The Balaban J connectivity index is 0.00000144. The molecule has 96 valence electrons. The van der Waals surface area contributed by atoms with E-state index in [0.717, 1.165) is 6.42 Å². The van der Waals surface area contributed by atoms with Gasteiger partial charge in [-0.2, -0.15) is 5.10 Å². The van der Waals surface area contributed by atoms with E-state index in [0.29, 0.717) is 31.3 Å². The summed E-state index contributed by atoms with van der Waals surface area (Å²) in [5, 5.41) is 6.42. The molecular weight excluding hydrogens is 248 g/mol. The Hall–Kier alpha value is -1.27. The molecule has 1 aromatic rings. The lowest BCUT2D eigenvalue weighted by atomic mass is 10.3. The fourth-order valence-corrected chi connectivity index (χ4v) is 1.49. The highest BCUT2D eigenvalue weighted by atomic mass is 35.5. The van der Waals surface area contributed by atoms with Crippen LogP contribution in [0.3, 0.4) is 0 Å². The number of hydrogen-bond acceptors (Lipinski definition) is 5. The van der Waals surface area contributed by atoms with Crippen LogP contribution >= 0.6 is 12.4 Å². The van der Waals surface area contributed by atoms with Gasteiger partial charge in [0.05, 0.1) is 26.0 Å². The van der Waals surface area contributed by atoms with Crippen molar-refractivity contribution in [2.45, 2.75) is 19.4 Å². The molecule has 17 heavy (non-hydrogen) atoms. The monoisotopic (exact) mass is 262 g/mol. The molecule has 0 saturated carbocycles. The van der Waals surface area contributed by atoms with Crippen molar-refractivity contribution < 1.29 is 19.0 Å². The smallest absolute Gasteiger partial charge is 0.345 e. The van der Waals surface area contributed by atoms with Crippen LogP contribution in [0, 0.1) is 0 Å². The first-order chi connectivity index (χ1) is 7.81. The molecule has 1 unspecified atom stereocenters. The first-order valence-corrected chi connectivity index (χ1v) is 5.26. The summed E-state index contributed by atoms with van der Waals surface area (Å²) in [5.41, 5.74) is 0.328. The molecule has 0 bridgehead atoms. The largest absolute Gasteiger partial charge is 0.471 e. The van der Waals surface area contributed by atoms with Crippen LogP contribution in [0.15, 0.2) is 6.20 Å². The Kier molecular flexibility index (Phi) is 5.24. The first-order valence-electron chi connectivity index (χ1n) is 5.26. The number of aromatic amines is 1. The number of nitrogens with one attached hydrogen (secondary N) is 1. The molecule has 2 heterocycles. The summed E-state index contributed by atoms with van der Waals surface area (Å²) in [6.45, 7) is 3.31. The Morgan fingerprint density at radius 2 is 2.53 bits per heavy atom. The average Bonchev–Trinajstić information content (AvgIpc) is 2.90. The molecular formula is C10H15ClN2O4. The minimum Gasteiger partial charge on any atom is -0.471 e. The second-order valence-corrected chi connectivity index (χ2v) is 3.44. The van der Waals surface area contributed by atoms with Gasteiger partial charge in [-0.25, -0.2) is 9.89 Å². The Morgan fingerprint density at radius 1 is 1.71 bits per heavy atom. The lowest BCUT2D eigenvalue weighted by molar-refractivity contribution is 0.0517. The number of halogens is 1. The first kappa shape index (κ1) is 13.8. The van der Waals surface area contributed by atoms with Crippen molar-refractivity contribution in [1.82, 2.24) is 10.2 Å². The Morgan fingerprint density at radius 3 is 3.18 bits per heavy atom. The van der Waals surface area contributed by atoms with Crippen LogP contribution < -0.4 is 4.74 Å². The van der Waals surface area contributed by atoms with E-state index in [1.165, 1.54) is 6.20 Å². The molecule has 6 nitrogen and oxygen atoms in total. The predicted molar refractivity (Wildman–Crippen MR) is 61.6 cm³/mol. The summed E-state index contributed by atoms with van der Waals surface area (Å²) in [5.74, 6) is -0.0703. The number of aromatic nitrogens is 2. The lowest BCUT2D eigenvalue weighted by Crippen LogP contribution is -2.17. The fourth-order valence-electron chi connectivity index (χ4n) is 1.49. The number of carbonyl (C=O) groups excluding carboxylic acids is 1. The molecule has 0 spiro atoms. The van der Waals surface area contributed by atoms with Crippen molar-refractivity contribution >= 4 is 18.4 Å². The zero-order chi connectivity index (χ0) is 11.4. The highest BCUT2D eigenvalue weighted by Gasteiger charge is 2.22. The quantitative estimate of drug-likeness (QED) is 0.825. The maximum absolute atomic E-state index is 11.5. The van der Waals surface area contributed by atoms with Crippen LogP contribution in [0.1, 0.15) is 23.7 Å². The molecule has 1 N–H and O–H groups in total. The van der Waals surface area contributed by atoms with Gasteiger partial charge in [0, 0.05) is 6.42 Å². The van der Waals surface area contributed by atoms with Crippen LogP contribution in [0.4, 0.5) is 0 Å². The summed E-state index contributed by atoms with van der Waals surface area (Å²) in [6, 6.07) is 0. The minimum absolute atomic E-state index is 0. The summed E-state index contributed by atoms with van der Waals surface area (Å²) in [6.07, 6.45) is 2.21. The standard InChI is InChI=1S/C10H14N2O4.ClH/c1-2-15-10(13)8-5-11-12-9(8)16-7-3-4-14-6-7;/h5,7H,2-4,6H2,1H3,(H,11,12);1H. The van der Waals surface area contributed by atoms with Gasteiger partial charge in [-0.05, 0) is 6.92 Å². The average molecular weight is 263 g/mol. The van der Waals surface area contributed by atoms with Gasteiger partial charge < -0.3 is 14.2 Å². The van der Waals surface area contributed by atoms with Crippen LogP contribution in [0.25, 0.3) is 0 Å². The number of esters is 1. The maximum atomic E-state index is 11.5. The fraction of sp³-hybridized carbons (Fsp3) is 0.600. The van der Waals surface area contributed by atoms with Crippen LogP contribution in [0.2, 0.25) is 0 Å². The van der Waals surface area contributed by atoms with E-state index < -0.39 is 5.97 Å². The van der Waals surface area contributed by atoms with Gasteiger partial charge in [0.1, 0.15) is 11.7 Å². The number of nitrogens with zero attached hydrogens (tertiary/aromatic N) is 1. The van der Waals surface area contributed by atoms with Crippen molar-refractivity contribution in [1.29, 1.82) is 0 Å². The summed E-state index contributed by atoms with van der Waals surface area (Å²) < 4.78 is 15.6. The van der Waals surface area contributed by atoms with E-state index in [2.05, 4.69) is 10.2 Å². The molecule has 0 amide bonds. The highest BCUT2D eigenvalue weighted by Crippen LogP contribution is 2.19. The summed E-state index contributed by atoms with van der Waals surface area (Å²) >= 11 is 0. The van der Waals surface area contributed by atoms with Gasteiger partial charge in [-0.3, -0.25) is 0 Å². The molecule has 0 aliphatic carbocycles. The molecule has 1 aliphatic heterocycles. The lowest BCUT2D eigenvalue weighted by Gasteiger charge is -2.10. The number of carbonyl (C=O) groups is 1. The van der Waals surface area contributed by atoms with Crippen molar-refractivity contribution in [2.24, 2.45) is 0 Å². The predicted octanol–water partition coefficient (Wildman–Crippen LogP) is 1.18. The van der Waals surface area contributed by atoms with E-state index in [9.17, 15) is 4.79 Å². The second kappa shape index (κ2) is 6.46. The van der Waals surface area contributed by atoms with Gasteiger partial charge in [-0.15, -0.1) is 12.4 Å². The van der Waals surface area contributed by atoms with Crippen molar-refractivity contribution in [3.05, 3.63) is 11.8 Å². The van der Waals surface area contributed by atoms with E-state index in [4.69, 9.17) is 14.2 Å². The van der Waals surface area contributed by atoms with E-state index in [1.807, 2.05) is 0 Å². The SMILES string of the molecule is CCOC(=O)c1cn[nH]c1OC1CCOC1.Cl. The Bertz CT molecular complexity index is 363. The normalized spacial score (nSPS) is 18.5. The molecule has 1 aromatic heterocycles. The molecule has 7 heteroatoms. The molecule has 1 atom stereocenters. The molecule has 2 rings (SSSR count). The number of H-pyrrole nitrogens is 1. The third-order valence-corrected chi connectivity index (χ3v) is 2.27. The topological polar surface area (TPSA) is 73.4 Å². The number of hydrogen-bond donors (Lipinski definition) is 1. The number of rotatable bonds is 4. The van der Waals surface area contributed by atoms with E-state index in [-0.39, 0.29) is 18.5 Å². The van der Waals surface area contributed by atoms with Gasteiger partial charge in [0.25, 0.3) is 0 Å². The third-order valence-electron chi connectivity index (χ3n) is 2.27. The van der Waals surface area contributed by atoms with Gasteiger partial charge >= 0.3 is 5.97 Å². The van der Waals surface area contributed by atoms with Crippen LogP contribution in [-0.4, -0.2) is 42.1 Å². The van der Waals surface area contributed by atoms with E-state index in [1.54, 1.807) is 6.92 Å². The summed E-state index contributed by atoms with van der Waals surface area (Å²) in [4.78, 5) is 11.5. The highest BCUT2D eigenvalue weighted by molar-refractivity contribution is 5.91. The van der Waals surface area contributed by atoms with Gasteiger partial charge in [-0.1, -0.05) is 0 Å². The van der Waals surface area contributed by atoms with Gasteiger partial charge in [0.2, 0.25) is 5.88 Å². The summed E-state index contributed by atoms with van der Waals surface area (Å²) in [7, 11) is 0. The second-order valence-electron chi connectivity index (χ2n) is 3.44. The van der Waals surface area contributed by atoms with E-state index >= 15 is 0 Å². The molecule has 1 saturated heterocycles. The number of ether oxygens (including phenoxy) is 3. The van der Waals surface area contributed by atoms with Crippen molar-refractivity contribution in [3.8, 4) is 5.88 Å². The minimum atomic E-state index is -0.426. The van der Waals surface area contributed by atoms with Gasteiger partial charge in [0.15, 0.2) is 0 Å². The molecule has 0 radical (unpaired) electrons. The Labute approximate surface area is 105 Å². The zero-order valence-electron chi connectivity index (χ0n) is 9.47. The zero-order valence-corrected chi connectivity index (χ0v) is 10.3. The molecule has 1 aliphatic rings. The third kappa shape index (κ3) is 3.34. The van der Waals surface area contributed by atoms with Crippen molar-refractivity contribution in [2.75, 3.05) is 19.8 Å². The van der Waals surface area contributed by atoms with Crippen molar-refractivity contribution in [3.63, 3.8) is 0 Å². The molecule has 1 fully saturated rings. The molecule has 0 aromatic carbocycles. The van der Waals surface area contributed by atoms with Crippen LogP contribution in [0.5, 0.6) is 5.88 Å².